The lowest BCUT2D eigenvalue weighted by Gasteiger charge is -2.31. The van der Waals surface area contributed by atoms with Crippen LogP contribution in [0.5, 0.6) is 11.5 Å². The van der Waals surface area contributed by atoms with Crippen LogP contribution in [0.15, 0.2) is 18.2 Å². The second-order valence-corrected chi connectivity index (χ2v) is 5.59. The van der Waals surface area contributed by atoms with Crippen molar-refractivity contribution in [3.63, 3.8) is 0 Å². The molecule has 2 rings (SSSR count). The van der Waals surface area contributed by atoms with E-state index in [1.807, 2.05) is 18.2 Å². The molecule has 22 heavy (non-hydrogen) atoms. The van der Waals surface area contributed by atoms with E-state index in [1.54, 1.807) is 14.2 Å². The Labute approximate surface area is 138 Å². The standard InChI is InChI=1S/C16H24N2O3.ClH/c1-20-13-7-6-12(10-14(13)21-2)11-18-15(19)16(17)8-4-3-5-9-16;/h6-7,10H,3-5,8-9,11,17H2,1-2H3,(H,18,19);1H. The van der Waals surface area contributed by atoms with Gasteiger partial charge in [0.05, 0.1) is 19.8 Å². The molecule has 1 aliphatic rings. The van der Waals surface area contributed by atoms with Crippen LogP contribution in [0.2, 0.25) is 0 Å². The molecule has 6 heteroatoms. The second-order valence-electron chi connectivity index (χ2n) is 5.59. The molecule has 1 amide bonds. The number of carbonyl (C=O) groups excluding carboxylic acids is 1. The van der Waals surface area contributed by atoms with Crippen LogP contribution in [-0.4, -0.2) is 25.7 Å². The van der Waals surface area contributed by atoms with E-state index in [2.05, 4.69) is 5.32 Å². The van der Waals surface area contributed by atoms with Crippen LogP contribution in [0, 0.1) is 0 Å². The maximum atomic E-state index is 12.3. The van der Waals surface area contributed by atoms with Crippen molar-refractivity contribution in [2.75, 3.05) is 14.2 Å². The number of nitrogens with two attached hydrogens (primary N) is 1. The van der Waals surface area contributed by atoms with E-state index < -0.39 is 5.54 Å². The minimum Gasteiger partial charge on any atom is -0.493 e. The summed E-state index contributed by atoms with van der Waals surface area (Å²) in [5.41, 5.74) is 6.47. The van der Waals surface area contributed by atoms with Crippen molar-refractivity contribution >= 4 is 18.3 Å². The Hall–Kier alpha value is -1.46. The highest BCUT2D eigenvalue weighted by Crippen LogP contribution is 2.28. The molecule has 1 saturated carbocycles. The van der Waals surface area contributed by atoms with Crippen molar-refractivity contribution in [2.24, 2.45) is 5.73 Å². The highest BCUT2D eigenvalue weighted by atomic mass is 35.5. The summed E-state index contributed by atoms with van der Waals surface area (Å²) in [7, 11) is 3.19. The zero-order valence-electron chi connectivity index (χ0n) is 13.2. The molecule has 1 aromatic carbocycles. The molecular formula is C16H25ClN2O3. The number of amides is 1. The smallest absolute Gasteiger partial charge is 0.240 e. The molecule has 3 N–H and O–H groups in total. The molecule has 0 radical (unpaired) electrons. The van der Waals surface area contributed by atoms with Gasteiger partial charge < -0.3 is 20.5 Å². The number of halogens is 1. The van der Waals surface area contributed by atoms with Crippen molar-refractivity contribution in [1.29, 1.82) is 0 Å². The summed E-state index contributed by atoms with van der Waals surface area (Å²) in [6.45, 7) is 0.443. The van der Waals surface area contributed by atoms with Gasteiger partial charge in [0.25, 0.3) is 0 Å². The Kier molecular flexibility index (Phi) is 6.97. The highest BCUT2D eigenvalue weighted by Gasteiger charge is 2.34. The van der Waals surface area contributed by atoms with Gasteiger partial charge in [0, 0.05) is 6.54 Å². The predicted molar refractivity (Wildman–Crippen MR) is 88.6 cm³/mol. The largest absolute Gasteiger partial charge is 0.493 e. The zero-order chi connectivity index (χ0) is 15.3. The first-order chi connectivity index (χ1) is 10.1. The molecule has 1 aliphatic carbocycles. The molecule has 124 valence electrons. The fourth-order valence-corrected chi connectivity index (χ4v) is 2.76. The molecule has 5 nitrogen and oxygen atoms in total. The third-order valence-corrected chi connectivity index (χ3v) is 4.10. The topological polar surface area (TPSA) is 73.6 Å². The van der Waals surface area contributed by atoms with Crippen LogP contribution in [0.25, 0.3) is 0 Å². The van der Waals surface area contributed by atoms with E-state index in [9.17, 15) is 4.79 Å². The maximum absolute atomic E-state index is 12.3. The van der Waals surface area contributed by atoms with Crippen LogP contribution in [0.1, 0.15) is 37.7 Å². The van der Waals surface area contributed by atoms with E-state index in [4.69, 9.17) is 15.2 Å². The molecule has 0 aliphatic heterocycles. The maximum Gasteiger partial charge on any atom is 0.240 e. The Morgan fingerprint density at radius 3 is 2.41 bits per heavy atom. The van der Waals surface area contributed by atoms with Gasteiger partial charge in [-0.15, -0.1) is 12.4 Å². The van der Waals surface area contributed by atoms with Crippen LogP contribution < -0.4 is 20.5 Å². The van der Waals surface area contributed by atoms with Crippen LogP contribution in [0.4, 0.5) is 0 Å². The van der Waals surface area contributed by atoms with Gasteiger partial charge in [-0.05, 0) is 30.5 Å². The zero-order valence-corrected chi connectivity index (χ0v) is 14.0. The van der Waals surface area contributed by atoms with Crippen molar-refractivity contribution in [3.8, 4) is 11.5 Å². The summed E-state index contributed by atoms with van der Waals surface area (Å²) in [5, 5.41) is 2.94. The normalized spacial score (nSPS) is 16.3. The quantitative estimate of drug-likeness (QED) is 0.870. The summed E-state index contributed by atoms with van der Waals surface area (Å²) >= 11 is 0. The third kappa shape index (κ3) is 4.27. The Balaban J connectivity index is 0.00000242. The molecule has 1 aromatic rings. The summed E-state index contributed by atoms with van der Waals surface area (Å²) < 4.78 is 10.5. The van der Waals surface area contributed by atoms with Gasteiger partial charge in [0.15, 0.2) is 11.5 Å². The van der Waals surface area contributed by atoms with E-state index in [1.165, 1.54) is 6.42 Å². The molecule has 0 unspecified atom stereocenters. The monoisotopic (exact) mass is 328 g/mol. The number of benzene rings is 1. The predicted octanol–water partition coefficient (Wildman–Crippen LogP) is 2.40. The summed E-state index contributed by atoms with van der Waals surface area (Å²) in [4.78, 5) is 12.3. The number of nitrogens with one attached hydrogen (secondary N) is 1. The number of hydrogen-bond donors (Lipinski definition) is 2. The lowest BCUT2D eigenvalue weighted by atomic mass is 9.82. The highest BCUT2D eigenvalue weighted by molar-refractivity contribution is 5.86. The molecular weight excluding hydrogens is 304 g/mol. The summed E-state index contributed by atoms with van der Waals surface area (Å²) in [6, 6.07) is 5.61. The van der Waals surface area contributed by atoms with Gasteiger partial charge in [-0.25, -0.2) is 0 Å². The molecule has 0 atom stereocenters. The van der Waals surface area contributed by atoms with E-state index in [0.717, 1.165) is 31.2 Å². The van der Waals surface area contributed by atoms with Gasteiger partial charge in [-0.2, -0.15) is 0 Å². The number of ether oxygens (including phenoxy) is 2. The SMILES string of the molecule is COc1ccc(CNC(=O)C2(N)CCCCC2)cc1OC.Cl. The lowest BCUT2D eigenvalue weighted by Crippen LogP contribution is -2.54. The van der Waals surface area contributed by atoms with E-state index >= 15 is 0 Å². The van der Waals surface area contributed by atoms with Gasteiger partial charge in [-0.3, -0.25) is 4.79 Å². The van der Waals surface area contributed by atoms with Crippen molar-refractivity contribution in [2.45, 2.75) is 44.2 Å². The van der Waals surface area contributed by atoms with E-state index in [0.29, 0.717) is 18.0 Å². The summed E-state index contributed by atoms with van der Waals surface area (Å²) in [6.07, 6.45) is 4.76. The average molecular weight is 329 g/mol. The summed E-state index contributed by atoms with van der Waals surface area (Å²) in [5.74, 6) is 1.27. The minimum absolute atomic E-state index is 0. The van der Waals surface area contributed by atoms with Crippen LogP contribution >= 0.6 is 12.4 Å². The fourth-order valence-electron chi connectivity index (χ4n) is 2.76. The minimum atomic E-state index is -0.700. The van der Waals surface area contributed by atoms with Crippen molar-refractivity contribution in [1.82, 2.24) is 5.32 Å². The van der Waals surface area contributed by atoms with Gasteiger partial charge in [-0.1, -0.05) is 25.3 Å². The first-order valence-electron chi connectivity index (χ1n) is 7.37. The Morgan fingerprint density at radius 2 is 1.82 bits per heavy atom. The van der Waals surface area contributed by atoms with E-state index in [-0.39, 0.29) is 18.3 Å². The van der Waals surface area contributed by atoms with Gasteiger partial charge >= 0.3 is 0 Å². The number of methoxy groups -OCH3 is 2. The second kappa shape index (κ2) is 8.25. The Morgan fingerprint density at radius 1 is 1.18 bits per heavy atom. The first kappa shape index (κ1) is 18.6. The average Bonchev–Trinajstić information content (AvgIpc) is 2.52. The van der Waals surface area contributed by atoms with Crippen LogP contribution in [-0.2, 0) is 11.3 Å². The first-order valence-corrected chi connectivity index (χ1v) is 7.37. The van der Waals surface area contributed by atoms with Gasteiger partial charge in [0.1, 0.15) is 0 Å². The molecule has 1 fully saturated rings. The third-order valence-electron chi connectivity index (χ3n) is 4.10. The lowest BCUT2D eigenvalue weighted by molar-refractivity contribution is -0.127. The number of hydrogen-bond acceptors (Lipinski definition) is 4. The van der Waals surface area contributed by atoms with Crippen LogP contribution in [0.3, 0.4) is 0 Å². The molecule has 0 bridgehead atoms. The molecule has 0 saturated heterocycles. The fraction of sp³-hybridized carbons (Fsp3) is 0.562. The number of rotatable bonds is 5. The van der Waals surface area contributed by atoms with Crippen molar-refractivity contribution < 1.29 is 14.3 Å². The van der Waals surface area contributed by atoms with Crippen molar-refractivity contribution in [3.05, 3.63) is 23.8 Å². The molecule has 0 aromatic heterocycles. The Bertz CT molecular complexity index is 502. The number of carbonyl (C=O) groups is 1. The molecule has 0 heterocycles. The molecule has 0 spiro atoms. The van der Waals surface area contributed by atoms with Gasteiger partial charge in [0.2, 0.25) is 5.91 Å².